The van der Waals surface area contributed by atoms with Crippen molar-refractivity contribution in [3.63, 3.8) is 0 Å². The van der Waals surface area contributed by atoms with Gasteiger partial charge in [0.25, 0.3) is 0 Å². The van der Waals surface area contributed by atoms with Gasteiger partial charge in [-0.05, 0) is 43.2 Å². The number of hydrogen-bond donors (Lipinski definition) is 2. The van der Waals surface area contributed by atoms with Gasteiger partial charge in [0.05, 0.1) is 12.7 Å². The maximum Gasteiger partial charge on any atom is 0.340 e. The average Bonchev–Trinajstić information content (AvgIpc) is 2.43. The molecule has 1 fully saturated rings. The van der Waals surface area contributed by atoms with Crippen LogP contribution in [0.3, 0.4) is 0 Å². The molecular weight excluding hydrogens is 260 g/mol. The molecule has 1 atom stereocenters. The number of nitrogens with one attached hydrogen (secondary N) is 1. The lowest BCUT2D eigenvalue weighted by Gasteiger charge is -2.24. The van der Waals surface area contributed by atoms with Crippen LogP contribution in [0.4, 0.5) is 11.4 Å². The zero-order valence-corrected chi connectivity index (χ0v) is 12.2. The molecule has 0 aliphatic carbocycles. The van der Waals surface area contributed by atoms with Gasteiger partial charge < -0.3 is 15.8 Å². The summed E-state index contributed by atoms with van der Waals surface area (Å²) in [5.74, 6) is 1.96. The molecule has 3 N–H and O–H groups in total. The Hall–Kier alpha value is -1.36. The van der Waals surface area contributed by atoms with Gasteiger partial charge in [-0.25, -0.2) is 4.79 Å². The Balaban J connectivity index is 2.20. The van der Waals surface area contributed by atoms with E-state index in [1.54, 1.807) is 6.07 Å². The summed E-state index contributed by atoms with van der Waals surface area (Å²) >= 11 is 1.97. The first-order valence-corrected chi connectivity index (χ1v) is 7.60. The number of benzene rings is 1. The summed E-state index contributed by atoms with van der Waals surface area (Å²) in [7, 11) is 1.37. The highest BCUT2D eigenvalue weighted by Gasteiger charge is 2.17. The van der Waals surface area contributed by atoms with Gasteiger partial charge in [0.2, 0.25) is 0 Å². The van der Waals surface area contributed by atoms with Crippen molar-refractivity contribution >= 4 is 29.1 Å². The van der Waals surface area contributed by atoms with Crippen LogP contribution in [0, 0.1) is 6.92 Å². The molecule has 104 valence electrons. The topological polar surface area (TPSA) is 64.3 Å². The van der Waals surface area contributed by atoms with E-state index in [1.165, 1.54) is 25.7 Å². The Morgan fingerprint density at radius 3 is 2.95 bits per heavy atom. The lowest BCUT2D eigenvalue weighted by atomic mass is 10.1. The smallest absolute Gasteiger partial charge is 0.340 e. The fourth-order valence-electron chi connectivity index (χ4n) is 2.25. The Kier molecular flexibility index (Phi) is 4.58. The molecule has 1 saturated heterocycles. The molecule has 2 rings (SSSR count). The zero-order valence-electron chi connectivity index (χ0n) is 11.4. The highest BCUT2D eigenvalue weighted by Crippen LogP contribution is 2.26. The van der Waals surface area contributed by atoms with Crippen molar-refractivity contribution in [2.75, 3.05) is 29.7 Å². The first-order chi connectivity index (χ1) is 9.11. The highest BCUT2D eigenvalue weighted by molar-refractivity contribution is 7.99. The third-order valence-corrected chi connectivity index (χ3v) is 4.54. The second-order valence-corrected chi connectivity index (χ2v) is 5.95. The number of carbonyl (C=O) groups is 1. The van der Waals surface area contributed by atoms with Gasteiger partial charge in [-0.1, -0.05) is 0 Å². The molecule has 1 aliphatic rings. The molecule has 0 aromatic heterocycles. The third kappa shape index (κ3) is 3.35. The van der Waals surface area contributed by atoms with Crippen LogP contribution < -0.4 is 11.1 Å². The highest BCUT2D eigenvalue weighted by atomic mass is 32.2. The average molecular weight is 280 g/mol. The molecule has 0 radical (unpaired) electrons. The number of methoxy groups -OCH3 is 1. The van der Waals surface area contributed by atoms with Gasteiger partial charge in [-0.3, -0.25) is 0 Å². The van der Waals surface area contributed by atoms with Crippen molar-refractivity contribution in [2.45, 2.75) is 25.8 Å². The summed E-state index contributed by atoms with van der Waals surface area (Å²) in [6.07, 6.45) is 2.41. The quantitative estimate of drug-likeness (QED) is 0.658. The maximum absolute atomic E-state index is 11.7. The lowest BCUT2D eigenvalue weighted by molar-refractivity contribution is 0.0602. The molecule has 1 heterocycles. The first kappa shape index (κ1) is 14.1. The second kappa shape index (κ2) is 6.19. The van der Waals surface area contributed by atoms with Gasteiger partial charge in [-0.15, -0.1) is 0 Å². The number of carbonyl (C=O) groups excluding carboxylic acids is 1. The van der Waals surface area contributed by atoms with Gasteiger partial charge in [0.15, 0.2) is 0 Å². The molecular formula is C14H20N2O2S. The van der Waals surface area contributed by atoms with Crippen molar-refractivity contribution in [2.24, 2.45) is 0 Å². The third-order valence-electron chi connectivity index (χ3n) is 3.32. The zero-order chi connectivity index (χ0) is 13.8. The van der Waals surface area contributed by atoms with Gasteiger partial charge in [0, 0.05) is 23.2 Å². The first-order valence-electron chi connectivity index (χ1n) is 6.44. The Bertz CT molecular complexity index is 471. The molecule has 1 aromatic rings. The second-order valence-electron chi connectivity index (χ2n) is 4.80. The number of esters is 1. The van der Waals surface area contributed by atoms with E-state index in [-0.39, 0.29) is 5.97 Å². The van der Waals surface area contributed by atoms with Crippen LogP contribution in [0.15, 0.2) is 12.1 Å². The fourth-order valence-corrected chi connectivity index (χ4v) is 3.32. The van der Waals surface area contributed by atoms with Crippen LogP contribution in [0.1, 0.15) is 28.8 Å². The Morgan fingerprint density at radius 1 is 1.53 bits per heavy atom. The van der Waals surface area contributed by atoms with E-state index in [0.717, 1.165) is 17.0 Å². The number of ether oxygens (including phenoxy) is 1. The molecule has 0 spiro atoms. The number of nitrogens with two attached hydrogens (primary N) is 1. The summed E-state index contributed by atoms with van der Waals surface area (Å²) in [5, 5.41) is 3.48. The van der Waals surface area contributed by atoms with Crippen LogP contribution in [-0.2, 0) is 4.74 Å². The summed E-state index contributed by atoms with van der Waals surface area (Å²) in [5.41, 5.74) is 8.70. The van der Waals surface area contributed by atoms with Crippen LogP contribution >= 0.6 is 11.8 Å². The minimum atomic E-state index is -0.387. The monoisotopic (exact) mass is 280 g/mol. The molecule has 0 bridgehead atoms. The number of nitrogen functional groups attached to an aromatic ring is 1. The number of thioether (sulfide) groups is 1. The van der Waals surface area contributed by atoms with E-state index in [0.29, 0.717) is 17.3 Å². The summed E-state index contributed by atoms with van der Waals surface area (Å²) in [6.45, 7) is 1.91. The molecule has 1 unspecified atom stereocenters. The molecule has 1 aromatic carbocycles. The van der Waals surface area contributed by atoms with E-state index in [1.807, 2.05) is 24.8 Å². The normalized spacial score (nSPS) is 18.9. The van der Waals surface area contributed by atoms with Crippen LogP contribution in [0.25, 0.3) is 0 Å². The van der Waals surface area contributed by atoms with Gasteiger partial charge >= 0.3 is 5.97 Å². The SMILES string of the molecule is COC(=O)c1cc(NC2CCCSC2)cc(C)c1N. The maximum atomic E-state index is 11.7. The predicted octanol–water partition coefficient (Wildman–Crippen LogP) is 2.67. The van der Waals surface area contributed by atoms with Crippen molar-refractivity contribution in [1.29, 1.82) is 0 Å². The van der Waals surface area contributed by atoms with E-state index in [2.05, 4.69) is 5.32 Å². The van der Waals surface area contributed by atoms with E-state index >= 15 is 0 Å². The standard InChI is InChI=1S/C14H20N2O2S/c1-9-6-11(16-10-4-3-5-19-8-10)7-12(13(9)15)14(17)18-2/h6-7,10,16H,3-5,8,15H2,1-2H3. The van der Waals surface area contributed by atoms with E-state index in [9.17, 15) is 4.79 Å². The molecule has 4 nitrogen and oxygen atoms in total. The summed E-state index contributed by atoms with van der Waals surface area (Å²) < 4.78 is 4.77. The van der Waals surface area contributed by atoms with Crippen molar-refractivity contribution in [1.82, 2.24) is 0 Å². The molecule has 0 saturated carbocycles. The number of hydrogen-bond acceptors (Lipinski definition) is 5. The molecule has 0 amide bonds. The lowest BCUT2D eigenvalue weighted by Crippen LogP contribution is -2.26. The van der Waals surface area contributed by atoms with Crippen LogP contribution in [0.2, 0.25) is 0 Å². The Morgan fingerprint density at radius 2 is 2.32 bits per heavy atom. The molecule has 5 heteroatoms. The van der Waals surface area contributed by atoms with Crippen molar-refractivity contribution in [3.05, 3.63) is 23.3 Å². The van der Waals surface area contributed by atoms with Gasteiger partial charge in [-0.2, -0.15) is 11.8 Å². The van der Waals surface area contributed by atoms with Crippen molar-refractivity contribution < 1.29 is 9.53 Å². The summed E-state index contributed by atoms with van der Waals surface area (Å²) in [4.78, 5) is 11.7. The molecule has 19 heavy (non-hydrogen) atoms. The predicted molar refractivity (Wildman–Crippen MR) is 80.9 cm³/mol. The van der Waals surface area contributed by atoms with E-state index in [4.69, 9.17) is 10.5 Å². The van der Waals surface area contributed by atoms with Crippen LogP contribution in [0.5, 0.6) is 0 Å². The molecule has 1 aliphatic heterocycles. The summed E-state index contributed by atoms with van der Waals surface area (Å²) in [6, 6.07) is 4.24. The number of aryl methyl sites for hydroxylation is 1. The fraction of sp³-hybridized carbons (Fsp3) is 0.500. The largest absolute Gasteiger partial charge is 0.465 e. The number of rotatable bonds is 3. The van der Waals surface area contributed by atoms with E-state index < -0.39 is 0 Å². The Labute approximate surface area is 118 Å². The van der Waals surface area contributed by atoms with Crippen LogP contribution in [-0.4, -0.2) is 30.6 Å². The van der Waals surface area contributed by atoms with Gasteiger partial charge in [0.1, 0.15) is 0 Å². The minimum Gasteiger partial charge on any atom is -0.465 e. The number of anilines is 2. The van der Waals surface area contributed by atoms with Crippen molar-refractivity contribution in [3.8, 4) is 0 Å². The minimum absolute atomic E-state index is 0.387.